The van der Waals surface area contributed by atoms with Gasteiger partial charge < -0.3 is 10.2 Å². The van der Waals surface area contributed by atoms with Gasteiger partial charge in [-0.3, -0.25) is 4.79 Å². The molecule has 0 amide bonds. The molecule has 0 bridgehead atoms. The highest BCUT2D eigenvalue weighted by molar-refractivity contribution is 9.08. The molecular formula is C13H17BrO3S. The minimum absolute atomic E-state index is 0.0255. The van der Waals surface area contributed by atoms with Crippen molar-refractivity contribution >= 4 is 32.8 Å². The normalized spacial score (nSPS) is 14.2. The van der Waals surface area contributed by atoms with E-state index >= 15 is 0 Å². The Bertz CT molecular complexity index is 398. The first-order valence-corrected chi connectivity index (χ1v) is 7.80. The summed E-state index contributed by atoms with van der Waals surface area (Å²) >= 11 is 4.52. The molecule has 0 saturated carbocycles. The van der Waals surface area contributed by atoms with Crippen LogP contribution in [-0.4, -0.2) is 27.2 Å². The van der Waals surface area contributed by atoms with Crippen molar-refractivity contribution in [2.45, 2.75) is 30.9 Å². The van der Waals surface area contributed by atoms with Crippen LogP contribution in [0.5, 0.6) is 0 Å². The highest BCUT2D eigenvalue weighted by Gasteiger charge is 2.20. The maximum Gasteiger partial charge on any atom is 0.185 e. The van der Waals surface area contributed by atoms with Crippen LogP contribution in [-0.2, 0) is 10.1 Å². The Hall–Kier alpha value is -0.360. The summed E-state index contributed by atoms with van der Waals surface area (Å²) in [5, 5.41) is 20.7. The molecule has 1 rings (SSSR count). The van der Waals surface area contributed by atoms with Gasteiger partial charge in [-0.05, 0) is 17.5 Å². The molecule has 2 unspecified atom stereocenters. The van der Waals surface area contributed by atoms with Crippen LogP contribution in [0.4, 0.5) is 0 Å². The highest BCUT2D eigenvalue weighted by Crippen LogP contribution is 2.25. The zero-order chi connectivity index (χ0) is 13.5. The summed E-state index contributed by atoms with van der Waals surface area (Å²) < 4.78 is 0. The third kappa shape index (κ3) is 4.72. The average molecular weight is 333 g/mol. The average Bonchev–Trinajstić information content (AvgIpc) is 2.37. The van der Waals surface area contributed by atoms with Crippen molar-refractivity contribution in [2.24, 2.45) is 0 Å². The number of benzene rings is 1. The molecule has 2 atom stereocenters. The fraction of sp³-hybridized carbons (Fsp3) is 0.462. The van der Waals surface area contributed by atoms with Gasteiger partial charge in [0.2, 0.25) is 0 Å². The largest absolute Gasteiger partial charge is 0.390 e. The number of carbonyl (C=O) groups excluding carboxylic acids is 1. The second-order valence-corrected chi connectivity index (χ2v) is 5.81. The van der Waals surface area contributed by atoms with Crippen LogP contribution < -0.4 is 0 Å². The van der Waals surface area contributed by atoms with Gasteiger partial charge in [-0.25, -0.2) is 0 Å². The van der Waals surface area contributed by atoms with Gasteiger partial charge in [-0.15, -0.1) is 0 Å². The Labute approximate surface area is 120 Å². The summed E-state index contributed by atoms with van der Waals surface area (Å²) in [6, 6.07) is 7.44. The van der Waals surface area contributed by atoms with Gasteiger partial charge in [-0.1, -0.05) is 52.0 Å². The van der Waals surface area contributed by atoms with Crippen LogP contribution in [0.15, 0.2) is 24.3 Å². The zero-order valence-corrected chi connectivity index (χ0v) is 12.6. The first kappa shape index (κ1) is 15.7. The molecule has 0 fully saturated rings. The van der Waals surface area contributed by atoms with E-state index in [1.54, 1.807) is 0 Å². The molecule has 3 nitrogen and oxygen atoms in total. The van der Waals surface area contributed by atoms with Gasteiger partial charge in [0.1, 0.15) is 6.10 Å². The second-order valence-electron chi connectivity index (χ2n) is 3.97. The molecular weight excluding hydrogens is 316 g/mol. The number of alkyl halides is 1. The van der Waals surface area contributed by atoms with Crippen molar-refractivity contribution in [3.63, 3.8) is 0 Å². The first-order valence-electron chi connectivity index (χ1n) is 5.69. The van der Waals surface area contributed by atoms with E-state index in [9.17, 15) is 15.0 Å². The third-order valence-corrected chi connectivity index (χ3v) is 4.05. The van der Waals surface area contributed by atoms with Crippen molar-refractivity contribution < 1.29 is 15.0 Å². The summed E-state index contributed by atoms with van der Waals surface area (Å²) in [7, 11) is 0. The Morgan fingerprint density at radius 2 is 2.06 bits per heavy atom. The second kappa shape index (κ2) is 7.94. The van der Waals surface area contributed by atoms with Crippen molar-refractivity contribution in [1.82, 2.24) is 0 Å². The van der Waals surface area contributed by atoms with Crippen molar-refractivity contribution in [1.29, 1.82) is 0 Å². The Kier molecular flexibility index (Phi) is 6.92. The summed E-state index contributed by atoms with van der Waals surface area (Å²) in [6.07, 6.45) is -1.37. The van der Waals surface area contributed by atoms with E-state index in [0.29, 0.717) is 17.5 Å². The van der Waals surface area contributed by atoms with Crippen LogP contribution >= 0.6 is 27.7 Å². The number of thioether (sulfide) groups is 1. The zero-order valence-electron chi connectivity index (χ0n) is 10.2. The predicted molar refractivity (Wildman–Crippen MR) is 77.8 cm³/mol. The molecule has 0 aliphatic rings. The van der Waals surface area contributed by atoms with Gasteiger partial charge in [0.05, 0.1) is 6.10 Å². The molecule has 0 aliphatic carbocycles. The first-order chi connectivity index (χ1) is 8.56. The lowest BCUT2D eigenvalue weighted by Gasteiger charge is -2.20. The predicted octanol–water partition coefficient (Wildman–Crippen LogP) is 2.65. The lowest BCUT2D eigenvalue weighted by atomic mass is 9.98. The lowest BCUT2D eigenvalue weighted by molar-refractivity contribution is -0.109. The minimum atomic E-state index is -0.911. The lowest BCUT2D eigenvalue weighted by Crippen LogP contribution is -2.20. The maximum atomic E-state index is 10.8. The van der Waals surface area contributed by atoms with Crippen LogP contribution in [0.3, 0.4) is 0 Å². The molecule has 0 heterocycles. The summed E-state index contributed by atoms with van der Waals surface area (Å²) in [4.78, 5) is 10.8. The van der Waals surface area contributed by atoms with E-state index in [1.807, 2.05) is 24.3 Å². The molecule has 1 aromatic rings. The van der Waals surface area contributed by atoms with E-state index < -0.39 is 12.2 Å². The quantitative estimate of drug-likeness (QED) is 0.786. The summed E-state index contributed by atoms with van der Waals surface area (Å²) in [5.41, 5.74) is 1.69. The van der Waals surface area contributed by atoms with Crippen molar-refractivity contribution in [2.75, 3.05) is 5.75 Å². The monoisotopic (exact) mass is 332 g/mol. The van der Waals surface area contributed by atoms with E-state index in [2.05, 4.69) is 15.9 Å². The van der Waals surface area contributed by atoms with E-state index in [4.69, 9.17) is 0 Å². The highest BCUT2D eigenvalue weighted by atomic mass is 79.9. The SMILES string of the molecule is CC(=O)SCCC(O)C(O)c1ccccc1CBr. The molecule has 1 aromatic carbocycles. The fourth-order valence-corrected chi connectivity index (χ4v) is 2.79. The van der Waals surface area contributed by atoms with Gasteiger partial charge in [0, 0.05) is 18.0 Å². The number of aliphatic hydroxyl groups is 2. The number of rotatable bonds is 6. The van der Waals surface area contributed by atoms with Crippen molar-refractivity contribution in [3.05, 3.63) is 35.4 Å². The number of hydrogen-bond donors (Lipinski definition) is 2. The number of hydrogen-bond acceptors (Lipinski definition) is 4. The Morgan fingerprint density at radius 3 is 2.67 bits per heavy atom. The third-order valence-electron chi connectivity index (χ3n) is 2.60. The van der Waals surface area contributed by atoms with Gasteiger partial charge in [0.15, 0.2) is 5.12 Å². The molecule has 0 radical (unpaired) electrons. The maximum absolute atomic E-state index is 10.8. The smallest absolute Gasteiger partial charge is 0.185 e. The van der Waals surface area contributed by atoms with E-state index in [1.165, 1.54) is 6.92 Å². The fourth-order valence-electron chi connectivity index (χ4n) is 1.63. The molecule has 100 valence electrons. The molecule has 5 heteroatoms. The van der Waals surface area contributed by atoms with Crippen LogP contribution in [0.25, 0.3) is 0 Å². The van der Waals surface area contributed by atoms with Crippen molar-refractivity contribution in [3.8, 4) is 0 Å². The Morgan fingerprint density at radius 1 is 1.39 bits per heavy atom. The van der Waals surface area contributed by atoms with Gasteiger partial charge >= 0.3 is 0 Å². The molecule has 0 spiro atoms. The molecule has 18 heavy (non-hydrogen) atoms. The van der Waals surface area contributed by atoms with Gasteiger partial charge in [0.25, 0.3) is 0 Å². The molecule has 0 aromatic heterocycles. The standard InChI is InChI=1S/C13H17BrO3S/c1-9(15)18-7-6-12(16)13(17)11-5-3-2-4-10(11)8-14/h2-5,12-13,16-17H,6-8H2,1H3. The van der Waals surface area contributed by atoms with Gasteiger partial charge in [-0.2, -0.15) is 0 Å². The van der Waals surface area contributed by atoms with Crippen LogP contribution in [0, 0.1) is 0 Å². The Balaban J connectivity index is 2.62. The molecule has 0 aliphatic heterocycles. The molecule has 2 N–H and O–H groups in total. The summed E-state index contributed by atoms with van der Waals surface area (Å²) in [5.74, 6) is 0.518. The van der Waals surface area contributed by atoms with Crippen LogP contribution in [0.2, 0.25) is 0 Å². The number of aliphatic hydroxyl groups excluding tert-OH is 2. The van der Waals surface area contributed by atoms with E-state index in [-0.39, 0.29) is 5.12 Å². The molecule has 0 saturated heterocycles. The minimum Gasteiger partial charge on any atom is -0.390 e. The topological polar surface area (TPSA) is 57.5 Å². The number of halogens is 1. The van der Waals surface area contributed by atoms with E-state index in [0.717, 1.165) is 22.9 Å². The summed E-state index contributed by atoms with van der Waals surface area (Å²) in [6.45, 7) is 1.49. The number of carbonyl (C=O) groups is 1. The van der Waals surface area contributed by atoms with Crippen LogP contribution in [0.1, 0.15) is 30.6 Å².